The summed E-state index contributed by atoms with van der Waals surface area (Å²) in [5.41, 5.74) is 4.49. The van der Waals surface area contributed by atoms with Crippen LogP contribution < -0.4 is 4.90 Å². The highest BCUT2D eigenvalue weighted by Crippen LogP contribution is 2.34. The van der Waals surface area contributed by atoms with Crippen molar-refractivity contribution in [2.45, 2.75) is 0 Å². The molecule has 0 aliphatic rings. The minimum absolute atomic E-state index is 1.09. The zero-order valence-electron chi connectivity index (χ0n) is 13.2. The fraction of sp³-hybridized carbons (Fsp3) is 0. The maximum atomic E-state index is 4.10. The minimum atomic E-state index is 1.09. The van der Waals surface area contributed by atoms with Crippen molar-refractivity contribution >= 4 is 17.1 Å². The Hall–Kier alpha value is -3.33. The monoisotopic (exact) mass is 311 g/mol. The maximum Gasteiger partial charge on any atom is 0.0991 e. The van der Waals surface area contributed by atoms with Crippen molar-refractivity contribution in [1.29, 1.82) is 0 Å². The largest absolute Gasteiger partial charge is 0.311 e. The minimum Gasteiger partial charge on any atom is -0.311 e. The topological polar surface area (TPSA) is 21.1 Å². The third-order valence-electron chi connectivity index (χ3n) is 3.94. The summed E-state index contributed by atoms with van der Waals surface area (Å²) in [6, 6.07) is 29.3. The molecule has 4 aromatic rings. The van der Waals surface area contributed by atoms with Crippen LogP contribution in [0.2, 0.25) is 0 Å². The molecule has 0 radical (unpaired) electrons. The lowest BCUT2D eigenvalue weighted by Crippen LogP contribution is -2.09. The summed E-state index contributed by atoms with van der Waals surface area (Å²) in [7, 11) is 0. The molecule has 0 saturated heterocycles. The molecule has 0 aliphatic heterocycles. The molecule has 116 valence electrons. The number of hydrogen-bond donors (Lipinski definition) is 0. The molecular weight excluding hydrogens is 294 g/mol. The van der Waals surface area contributed by atoms with E-state index >= 15 is 0 Å². The van der Waals surface area contributed by atoms with Gasteiger partial charge in [-0.15, -0.1) is 0 Å². The van der Waals surface area contributed by atoms with E-state index < -0.39 is 0 Å². The van der Waals surface area contributed by atoms with E-state index in [-0.39, 0.29) is 0 Å². The standard InChI is InChI=1S/C21H17N3/c1-3-7-19(8-4-1)24(20-9-5-2-6-10-20)21-13-11-18(12-14-21)23-16-15-22-17-23/h1-17H. The molecule has 0 N–H and O–H groups in total. The first-order chi connectivity index (χ1) is 11.9. The van der Waals surface area contributed by atoms with Gasteiger partial charge in [-0.3, -0.25) is 0 Å². The summed E-state index contributed by atoms with van der Waals surface area (Å²) in [6.45, 7) is 0. The lowest BCUT2D eigenvalue weighted by molar-refractivity contribution is 1.06. The van der Waals surface area contributed by atoms with E-state index in [2.05, 4.69) is 82.7 Å². The Morgan fingerprint density at radius 3 is 1.67 bits per heavy atom. The lowest BCUT2D eigenvalue weighted by Gasteiger charge is -2.25. The fourth-order valence-corrected chi connectivity index (χ4v) is 2.79. The molecule has 24 heavy (non-hydrogen) atoms. The first-order valence-electron chi connectivity index (χ1n) is 7.90. The molecule has 0 aliphatic carbocycles. The van der Waals surface area contributed by atoms with E-state index in [4.69, 9.17) is 0 Å². The van der Waals surface area contributed by atoms with Gasteiger partial charge < -0.3 is 9.47 Å². The van der Waals surface area contributed by atoms with Crippen LogP contribution >= 0.6 is 0 Å². The average molecular weight is 311 g/mol. The van der Waals surface area contributed by atoms with Crippen molar-refractivity contribution in [2.24, 2.45) is 0 Å². The summed E-state index contributed by atoms with van der Waals surface area (Å²) in [5, 5.41) is 0. The van der Waals surface area contributed by atoms with Crippen molar-refractivity contribution in [3.8, 4) is 5.69 Å². The van der Waals surface area contributed by atoms with E-state index in [0.717, 1.165) is 22.7 Å². The van der Waals surface area contributed by atoms with Crippen LogP contribution in [0.4, 0.5) is 17.1 Å². The van der Waals surface area contributed by atoms with Crippen molar-refractivity contribution in [3.63, 3.8) is 0 Å². The van der Waals surface area contributed by atoms with E-state index in [1.807, 2.05) is 22.9 Å². The summed E-state index contributed by atoms with van der Waals surface area (Å²) in [6.07, 6.45) is 5.54. The van der Waals surface area contributed by atoms with Crippen LogP contribution in [0.1, 0.15) is 0 Å². The quantitative estimate of drug-likeness (QED) is 0.507. The van der Waals surface area contributed by atoms with Gasteiger partial charge in [0.05, 0.1) is 6.33 Å². The second kappa shape index (κ2) is 6.42. The number of para-hydroxylation sites is 2. The molecular formula is C21H17N3. The van der Waals surface area contributed by atoms with Gasteiger partial charge in [-0.05, 0) is 48.5 Å². The Kier molecular flexibility index (Phi) is 3.82. The van der Waals surface area contributed by atoms with E-state index in [1.165, 1.54) is 0 Å². The molecule has 1 aromatic heterocycles. The number of aromatic nitrogens is 2. The van der Waals surface area contributed by atoms with Gasteiger partial charge >= 0.3 is 0 Å². The molecule has 0 fully saturated rings. The van der Waals surface area contributed by atoms with Crippen LogP contribution in [-0.2, 0) is 0 Å². The predicted molar refractivity (Wildman–Crippen MR) is 98.2 cm³/mol. The number of rotatable bonds is 4. The number of hydrogen-bond acceptors (Lipinski definition) is 2. The van der Waals surface area contributed by atoms with E-state index in [0.29, 0.717) is 0 Å². The van der Waals surface area contributed by atoms with Gasteiger partial charge in [0.1, 0.15) is 0 Å². The average Bonchev–Trinajstić information content (AvgIpc) is 3.19. The molecule has 0 atom stereocenters. The summed E-state index contributed by atoms with van der Waals surface area (Å²) < 4.78 is 2.00. The third kappa shape index (κ3) is 2.79. The van der Waals surface area contributed by atoms with Crippen LogP contribution in [0.5, 0.6) is 0 Å². The van der Waals surface area contributed by atoms with Gasteiger partial charge in [0.2, 0.25) is 0 Å². The smallest absolute Gasteiger partial charge is 0.0991 e. The Morgan fingerprint density at radius 1 is 0.625 bits per heavy atom. The Labute approximate surface area is 141 Å². The number of benzene rings is 3. The van der Waals surface area contributed by atoms with E-state index in [9.17, 15) is 0 Å². The highest BCUT2D eigenvalue weighted by Gasteiger charge is 2.11. The molecule has 0 amide bonds. The zero-order valence-corrected chi connectivity index (χ0v) is 13.2. The normalized spacial score (nSPS) is 10.5. The predicted octanol–water partition coefficient (Wildman–Crippen LogP) is 5.34. The SMILES string of the molecule is c1ccc(N(c2ccccc2)c2ccc(-n3ccnc3)cc2)cc1. The van der Waals surface area contributed by atoms with Crippen LogP contribution in [0.25, 0.3) is 5.69 Å². The van der Waals surface area contributed by atoms with Crippen molar-refractivity contribution < 1.29 is 0 Å². The second-order valence-corrected chi connectivity index (χ2v) is 5.49. The maximum absolute atomic E-state index is 4.10. The van der Waals surface area contributed by atoms with Gasteiger partial charge in [-0.1, -0.05) is 36.4 Å². The second-order valence-electron chi connectivity index (χ2n) is 5.49. The molecule has 3 aromatic carbocycles. The first kappa shape index (κ1) is 14.3. The lowest BCUT2D eigenvalue weighted by atomic mass is 10.2. The molecule has 3 nitrogen and oxygen atoms in total. The number of imidazole rings is 1. The molecule has 3 heteroatoms. The zero-order chi connectivity index (χ0) is 16.2. The van der Waals surface area contributed by atoms with Crippen molar-refractivity contribution in [1.82, 2.24) is 9.55 Å². The van der Waals surface area contributed by atoms with Gasteiger partial charge in [-0.25, -0.2) is 4.98 Å². The molecule has 0 unspecified atom stereocenters. The molecule has 0 saturated carbocycles. The molecule has 0 spiro atoms. The van der Waals surface area contributed by atoms with Crippen LogP contribution in [0.3, 0.4) is 0 Å². The van der Waals surface area contributed by atoms with Crippen LogP contribution in [-0.4, -0.2) is 9.55 Å². The summed E-state index contributed by atoms with van der Waals surface area (Å²) in [4.78, 5) is 6.35. The Bertz CT molecular complexity index is 844. The van der Waals surface area contributed by atoms with Crippen LogP contribution in [0, 0.1) is 0 Å². The first-order valence-corrected chi connectivity index (χ1v) is 7.90. The molecule has 1 heterocycles. The van der Waals surface area contributed by atoms with E-state index in [1.54, 1.807) is 12.5 Å². The van der Waals surface area contributed by atoms with Crippen molar-refractivity contribution in [2.75, 3.05) is 4.90 Å². The van der Waals surface area contributed by atoms with Crippen molar-refractivity contribution in [3.05, 3.63) is 104 Å². The van der Waals surface area contributed by atoms with Gasteiger partial charge in [0.25, 0.3) is 0 Å². The van der Waals surface area contributed by atoms with Gasteiger partial charge in [0, 0.05) is 35.1 Å². The Morgan fingerprint density at radius 2 is 1.17 bits per heavy atom. The van der Waals surface area contributed by atoms with Gasteiger partial charge in [-0.2, -0.15) is 0 Å². The highest BCUT2D eigenvalue weighted by atomic mass is 15.1. The summed E-state index contributed by atoms with van der Waals surface area (Å²) in [5.74, 6) is 0. The Balaban J connectivity index is 1.77. The third-order valence-corrected chi connectivity index (χ3v) is 3.94. The van der Waals surface area contributed by atoms with Gasteiger partial charge in [0.15, 0.2) is 0 Å². The highest BCUT2D eigenvalue weighted by molar-refractivity contribution is 5.76. The number of nitrogens with zero attached hydrogens (tertiary/aromatic N) is 3. The van der Waals surface area contributed by atoms with Crippen LogP contribution in [0.15, 0.2) is 104 Å². The molecule has 4 rings (SSSR count). The molecule has 0 bridgehead atoms. The number of anilines is 3. The fourth-order valence-electron chi connectivity index (χ4n) is 2.79. The summed E-state index contributed by atoms with van der Waals surface area (Å²) >= 11 is 0.